The summed E-state index contributed by atoms with van der Waals surface area (Å²) in [6, 6.07) is 0. The zero-order valence-electron chi connectivity index (χ0n) is 8.64. The zero-order chi connectivity index (χ0) is 10.0. The van der Waals surface area contributed by atoms with E-state index >= 15 is 0 Å². The Morgan fingerprint density at radius 2 is 1.85 bits per heavy atom. The first-order valence-corrected chi connectivity index (χ1v) is 5.48. The Morgan fingerprint density at radius 3 is 2.31 bits per heavy atom. The van der Waals surface area contributed by atoms with Crippen molar-refractivity contribution in [3.63, 3.8) is 0 Å². The van der Waals surface area contributed by atoms with Crippen LogP contribution in [0.4, 0.5) is 0 Å². The average Bonchev–Trinajstić information content (AvgIpc) is 2.10. The van der Waals surface area contributed by atoms with Crippen molar-refractivity contribution in [2.24, 2.45) is 0 Å². The highest BCUT2D eigenvalue weighted by molar-refractivity contribution is 7.98. The van der Waals surface area contributed by atoms with Gasteiger partial charge < -0.3 is 0 Å². The van der Waals surface area contributed by atoms with Gasteiger partial charge in [-0.05, 0) is 32.6 Å². The Labute approximate surface area is 84.3 Å². The van der Waals surface area contributed by atoms with Crippen molar-refractivity contribution in [2.45, 2.75) is 25.7 Å². The third-order valence-electron chi connectivity index (χ3n) is 2.26. The first-order valence-electron chi connectivity index (χ1n) is 4.26. The number of nitrogens with zero attached hydrogens (tertiary/aromatic N) is 1. The maximum absolute atomic E-state index is 4.47. The first-order chi connectivity index (χ1) is 6.11. The van der Waals surface area contributed by atoms with E-state index < -0.39 is 0 Å². The lowest BCUT2D eigenvalue weighted by Crippen LogP contribution is -1.97. The molecule has 70 valence electrons. The molecule has 0 saturated heterocycles. The molecule has 0 bridgehead atoms. The predicted octanol–water partition coefficient (Wildman–Crippen LogP) is 3.37. The second kappa shape index (κ2) is 3.97. The van der Waals surface area contributed by atoms with Crippen molar-refractivity contribution < 1.29 is 0 Å². The molecule has 0 fully saturated rings. The minimum atomic E-state index is 1.07. The summed E-state index contributed by atoms with van der Waals surface area (Å²) >= 11 is 1.76. The summed E-state index contributed by atoms with van der Waals surface area (Å²) in [5, 5.41) is 0. The van der Waals surface area contributed by atoms with Crippen LogP contribution in [0.2, 0.25) is 0 Å². The summed E-state index contributed by atoms with van der Waals surface area (Å²) in [6.45, 7) is 10.0. The molecule has 1 aromatic heterocycles. The maximum atomic E-state index is 4.47. The van der Waals surface area contributed by atoms with E-state index in [0.717, 1.165) is 11.4 Å². The minimum Gasteiger partial charge on any atom is -0.257 e. The van der Waals surface area contributed by atoms with Crippen molar-refractivity contribution in [2.75, 3.05) is 6.26 Å². The summed E-state index contributed by atoms with van der Waals surface area (Å²) in [4.78, 5) is 5.77. The molecule has 0 aromatic carbocycles. The van der Waals surface area contributed by atoms with Crippen LogP contribution < -0.4 is 0 Å². The van der Waals surface area contributed by atoms with Gasteiger partial charge in [0.15, 0.2) is 0 Å². The quantitative estimate of drug-likeness (QED) is 0.668. The summed E-state index contributed by atoms with van der Waals surface area (Å²) in [6.07, 6.45) is 3.98. The second-order valence-corrected chi connectivity index (χ2v) is 3.88. The number of hydrogen-bond acceptors (Lipinski definition) is 2. The summed E-state index contributed by atoms with van der Waals surface area (Å²) in [7, 11) is 0. The molecule has 0 N–H and O–H groups in total. The van der Waals surface area contributed by atoms with E-state index in [2.05, 4.69) is 31.7 Å². The molecule has 2 heteroatoms. The van der Waals surface area contributed by atoms with Gasteiger partial charge in [-0.2, -0.15) is 0 Å². The SMILES string of the molecule is C=Cc1c(C)nc(C)c(C)c1SC. The Balaban J connectivity index is 3.50. The second-order valence-electron chi connectivity index (χ2n) is 3.06. The van der Waals surface area contributed by atoms with E-state index in [0.29, 0.717) is 0 Å². The van der Waals surface area contributed by atoms with Crippen LogP contribution in [0.3, 0.4) is 0 Å². The largest absolute Gasteiger partial charge is 0.257 e. The van der Waals surface area contributed by atoms with Crippen molar-refractivity contribution in [3.8, 4) is 0 Å². The van der Waals surface area contributed by atoms with E-state index in [-0.39, 0.29) is 0 Å². The summed E-state index contributed by atoms with van der Waals surface area (Å²) < 4.78 is 0. The van der Waals surface area contributed by atoms with Crippen molar-refractivity contribution in [1.29, 1.82) is 0 Å². The van der Waals surface area contributed by atoms with Gasteiger partial charge in [0.25, 0.3) is 0 Å². The van der Waals surface area contributed by atoms with Gasteiger partial charge in [-0.3, -0.25) is 4.98 Å². The van der Waals surface area contributed by atoms with E-state index in [1.54, 1.807) is 11.8 Å². The van der Waals surface area contributed by atoms with E-state index in [4.69, 9.17) is 0 Å². The number of aryl methyl sites for hydroxylation is 2. The summed E-state index contributed by atoms with van der Waals surface area (Å²) in [5.74, 6) is 0. The smallest absolute Gasteiger partial charge is 0.0459 e. The Morgan fingerprint density at radius 1 is 1.23 bits per heavy atom. The van der Waals surface area contributed by atoms with Crippen LogP contribution in [0.15, 0.2) is 11.5 Å². The van der Waals surface area contributed by atoms with Gasteiger partial charge >= 0.3 is 0 Å². The van der Waals surface area contributed by atoms with Crippen LogP contribution in [0.1, 0.15) is 22.5 Å². The van der Waals surface area contributed by atoms with Crippen LogP contribution in [-0.4, -0.2) is 11.2 Å². The van der Waals surface area contributed by atoms with Crippen LogP contribution in [0.25, 0.3) is 6.08 Å². The Hall–Kier alpha value is -0.760. The highest BCUT2D eigenvalue weighted by Gasteiger charge is 2.08. The lowest BCUT2D eigenvalue weighted by Gasteiger charge is -2.11. The molecule has 0 aliphatic rings. The van der Waals surface area contributed by atoms with Crippen LogP contribution in [0.5, 0.6) is 0 Å². The fourth-order valence-electron chi connectivity index (χ4n) is 1.43. The number of pyridine rings is 1. The van der Waals surface area contributed by atoms with E-state index in [1.165, 1.54) is 16.0 Å². The molecule has 1 aromatic rings. The van der Waals surface area contributed by atoms with Gasteiger partial charge in [0.05, 0.1) is 0 Å². The standard InChI is InChI=1S/C11H15NS/c1-6-10-9(4)12-8(3)7(2)11(10)13-5/h6H,1H2,2-5H3. The topological polar surface area (TPSA) is 12.9 Å². The molecule has 0 radical (unpaired) electrons. The maximum Gasteiger partial charge on any atom is 0.0459 e. The molecule has 1 nitrogen and oxygen atoms in total. The lowest BCUT2D eigenvalue weighted by atomic mass is 10.1. The van der Waals surface area contributed by atoms with E-state index in [9.17, 15) is 0 Å². The molecule has 0 spiro atoms. The van der Waals surface area contributed by atoms with Gasteiger partial charge in [-0.25, -0.2) is 0 Å². The third-order valence-corrected chi connectivity index (χ3v) is 3.20. The minimum absolute atomic E-state index is 1.07. The van der Waals surface area contributed by atoms with Gasteiger partial charge in [-0.1, -0.05) is 12.7 Å². The molecule has 13 heavy (non-hydrogen) atoms. The highest BCUT2D eigenvalue weighted by atomic mass is 32.2. The van der Waals surface area contributed by atoms with Gasteiger partial charge in [-0.15, -0.1) is 11.8 Å². The number of thioether (sulfide) groups is 1. The van der Waals surface area contributed by atoms with Gasteiger partial charge in [0.2, 0.25) is 0 Å². The fraction of sp³-hybridized carbons (Fsp3) is 0.364. The Bertz CT molecular complexity index is 342. The average molecular weight is 193 g/mol. The van der Waals surface area contributed by atoms with Crippen molar-refractivity contribution >= 4 is 17.8 Å². The lowest BCUT2D eigenvalue weighted by molar-refractivity contribution is 1.03. The predicted molar refractivity (Wildman–Crippen MR) is 60.3 cm³/mol. The molecule has 0 aliphatic heterocycles. The van der Waals surface area contributed by atoms with Crippen molar-refractivity contribution in [3.05, 3.63) is 29.1 Å². The van der Waals surface area contributed by atoms with Crippen molar-refractivity contribution in [1.82, 2.24) is 4.98 Å². The zero-order valence-corrected chi connectivity index (χ0v) is 9.46. The number of hydrogen-bond donors (Lipinski definition) is 0. The van der Waals surface area contributed by atoms with Crippen LogP contribution >= 0.6 is 11.8 Å². The molecule has 0 aliphatic carbocycles. The molecule has 1 rings (SSSR count). The fourth-order valence-corrected chi connectivity index (χ4v) is 2.33. The van der Waals surface area contributed by atoms with Crippen LogP contribution in [-0.2, 0) is 0 Å². The molecule has 0 saturated carbocycles. The highest BCUT2D eigenvalue weighted by Crippen LogP contribution is 2.28. The molecule has 0 unspecified atom stereocenters. The number of aromatic nitrogens is 1. The first kappa shape index (κ1) is 10.3. The number of rotatable bonds is 2. The van der Waals surface area contributed by atoms with Crippen LogP contribution in [0, 0.1) is 20.8 Å². The molecule has 0 amide bonds. The normalized spacial score (nSPS) is 10.2. The molecular weight excluding hydrogens is 178 g/mol. The summed E-state index contributed by atoms with van der Waals surface area (Å²) in [5.41, 5.74) is 4.64. The Kier molecular flexibility index (Phi) is 3.15. The van der Waals surface area contributed by atoms with Gasteiger partial charge in [0.1, 0.15) is 0 Å². The molecule has 0 atom stereocenters. The third kappa shape index (κ3) is 1.78. The van der Waals surface area contributed by atoms with Gasteiger partial charge in [0, 0.05) is 21.8 Å². The molecule has 1 heterocycles. The monoisotopic (exact) mass is 193 g/mol. The van der Waals surface area contributed by atoms with E-state index in [1.807, 2.05) is 13.0 Å². The molecular formula is C11H15NS.